The molecule has 2 aromatic heterocycles. The maximum atomic E-state index is 13.2. The molecule has 7 heteroatoms. The Morgan fingerprint density at radius 1 is 1.13 bits per heavy atom. The van der Waals surface area contributed by atoms with Crippen molar-refractivity contribution in [3.05, 3.63) is 16.3 Å². The number of thiophene rings is 1. The van der Waals surface area contributed by atoms with Gasteiger partial charge in [0.2, 0.25) is 11.8 Å². The third kappa shape index (κ3) is 4.72. The molecule has 2 aromatic rings. The molecule has 0 radical (unpaired) electrons. The molecule has 0 spiro atoms. The summed E-state index contributed by atoms with van der Waals surface area (Å²) in [6.45, 7) is 9.91. The number of aromatic nitrogens is 2. The van der Waals surface area contributed by atoms with Crippen LogP contribution < -0.4 is 4.74 Å². The highest BCUT2D eigenvalue weighted by Gasteiger charge is 2.33. The zero-order valence-corrected chi connectivity index (χ0v) is 20.3. The minimum atomic E-state index is -0.0303. The average molecular weight is 446 g/mol. The van der Waals surface area contributed by atoms with E-state index in [1.54, 1.807) is 18.4 Å². The lowest BCUT2D eigenvalue weighted by Gasteiger charge is -2.37. The first-order valence-corrected chi connectivity index (χ1v) is 12.4. The number of fused-ring (bicyclic) bond motifs is 1. The van der Waals surface area contributed by atoms with Gasteiger partial charge in [0.05, 0.1) is 18.0 Å². The van der Waals surface area contributed by atoms with E-state index in [9.17, 15) is 4.79 Å². The van der Waals surface area contributed by atoms with E-state index in [0.717, 1.165) is 61.1 Å². The highest BCUT2D eigenvalue weighted by Crippen LogP contribution is 2.36. The quantitative estimate of drug-likeness (QED) is 0.647. The molecule has 2 fully saturated rings. The predicted octanol–water partition coefficient (Wildman–Crippen LogP) is 5.01. The summed E-state index contributed by atoms with van der Waals surface area (Å²) in [5, 5.41) is 1.03. The standard InChI is InChI=1S/C24H35N3O3S/c1-14(2)21-25-22(20-15(3)16(4)31-23(20)26-21)30-19-10-7-11-27(13-19)24(28)17-8-6-9-18(12-17)29-5/h14,17-19H,6-13H2,1-5H3/t17-,18-,19-/m1/s1. The molecule has 31 heavy (non-hydrogen) atoms. The summed E-state index contributed by atoms with van der Waals surface area (Å²) < 4.78 is 12.0. The van der Waals surface area contributed by atoms with Crippen LogP contribution in [0.2, 0.25) is 0 Å². The van der Waals surface area contributed by atoms with Crippen LogP contribution in [0.25, 0.3) is 10.2 Å². The molecule has 1 saturated heterocycles. The van der Waals surface area contributed by atoms with Gasteiger partial charge in [-0.3, -0.25) is 4.79 Å². The molecule has 1 aliphatic heterocycles. The molecule has 2 aliphatic rings. The third-order valence-electron chi connectivity index (χ3n) is 6.81. The molecular weight excluding hydrogens is 410 g/mol. The zero-order valence-electron chi connectivity index (χ0n) is 19.4. The van der Waals surface area contributed by atoms with E-state index in [2.05, 4.69) is 27.7 Å². The molecular formula is C24H35N3O3S. The maximum absolute atomic E-state index is 13.2. The van der Waals surface area contributed by atoms with Crippen LogP contribution in [-0.4, -0.2) is 53.2 Å². The smallest absolute Gasteiger partial charge is 0.226 e. The lowest BCUT2D eigenvalue weighted by molar-refractivity contribution is -0.140. The Kier molecular flexibility index (Phi) is 6.82. The van der Waals surface area contributed by atoms with Crippen LogP contribution in [0, 0.1) is 19.8 Å². The minimum absolute atomic E-state index is 0.0303. The molecule has 4 rings (SSSR count). The lowest BCUT2D eigenvalue weighted by Crippen LogP contribution is -2.47. The van der Waals surface area contributed by atoms with Gasteiger partial charge in [0.15, 0.2) is 0 Å². The molecule has 1 amide bonds. The molecule has 3 atom stereocenters. The van der Waals surface area contributed by atoms with Crippen molar-refractivity contribution in [2.75, 3.05) is 20.2 Å². The molecule has 0 aromatic carbocycles. The Balaban J connectivity index is 1.52. The SMILES string of the molecule is CO[C@@H]1CCC[C@@H](C(=O)N2CCC[C@@H](Oc3nc(C(C)C)nc4sc(C)c(C)c34)C2)C1. The van der Waals surface area contributed by atoms with E-state index < -0.39 is 0 Å². The minimum Gasteiger partial charge on any atom is -0.472 e. The Morgan fingerprint density at radius 2 is 1.90 bits per heavy atom. The van der Waals surface area contributed by atoms with Crippen LogP contribution in [0.15, 0.2) is 0 Å². The van der Waals surface area contributed by atoms with Gasteiger partial charge in [-0.25, -0.2) is 4.98 Å². The largest absolute Gasteiger partial charge is 0.472 e. The van der Waals surface area contributed by atoms with Crippen molar-refractivity contribution in [3.63, 3.8) is 0 Å². The second-order valence-electron chi connectivity index (χ2n) is 9.39. The number of hydrogen-bond acceptors (Lipinski definition) is 6. The normalized spacial score (nSPS) is 24.7. The molecule has 0 N–H and O–H groups in total. The highest BCUT2D eigenvalue weighted by atomic mass is 32.1. The molecule has 0 bridgehead atoms. The van der Waals surface area contributed by atoms with E-state index in [0.29, 0.717) is 12.4 Å². The van der Waals surface area contributed by atoms with Crippen molar-refractivity contribution in [2.45, 2.75) is 84.3 Å². The number of carbonyl (C=O) groups excluding carboxylic acids is 1. The highest BCUT2D eigenvalue weighted by molar-refractivity contribution is 7.18. The summed E-state index contributed by atoms with van der Waals surface area (Å²) in [6, 6.07) is 0. The fourth-order valence-electron chi connectivity index (χ4n) is 4.81. The number of aryl methyl sites for hydroxylation is 2. The van der Waals surface area contributed by atoms with Crippen LogP contribution in [0.3, 0.4) is 0 Å². The van der Waals surface area contributed by atoms with Gasteiger partial charge in [0.1, 0.15) is 16.8 Å². The van der Waals surface area contributed by atoms with Crippen LogP contribution in [0.1, 0.15) is 74.6 Å². The fourth-order valence-corrected chi connectivity index (χ4v) is 5.83. The number of nitrogens with zero attached hydrogens (tertiary/aromatic N) is 3. The van der Waals surface area contributed by atoms with E-state index in [1.807, 2.05) is 4.90 Å². The van der Waals surface area contributed by atoms with Gasteiger partial charge in [-0.2, -0.15) is 4.98 Å². The van der Waals surface area contributed by atoms with Gasteiger partial charge in [-0.1, -0.05) is 20.3 Å². The predicted molar refractivity (Wildman–Crippen MR) is 124 cm³/mol. The van der Waals surface area contributed by atoms with Crippen molar-refractivity contribution in [1.29, 1.82) is 0 Å². The van der Waals surface area contributed by atoms with Gasteiger partial charge < -0.3 is 14.4 Å². The first kappa shape index (κ1) is 22.5. The fraction of sp³-hybridized carbons (Fsp3) is 0.708. The van der Waals surface area contributed by atoms with Gasteiger partial charge in [-0.05, 0) is 51.5 Å². The summed E-state index contributed by atoms with van der Waals surface area (Å²) in [7, 11) is 1.75. The summed E-state index contributed by atoms with van der Waals surface area (Å²) in [5.74, 6) is 2.09. The number of hydrogen-bond donors (Lipinski definition) is 0. The third-order valence-corrected chi connectivity index (χ3v) is 7.91. The van der Waals surface area contributed by atoms with Crippen molar-refractivity contribution < 1.29 is 14.3 Å². The second-order valence-corrected chi connectivity index (χ2v) is 10.6. The number of likely N-dealkylation sites (tertiary alicyclic amines) is 1. The van der Waals surface area contributed by atoms with Crippen molar-refractivity contribution >= 4 is 27.5 Å². The molecule has 3 heterocycles. The van der Waals surface area contributed by atoms with Gasteiger partial charge in [0.25, 0.3) is 0 Å². The van der Waals surface area contributed by atoms with Gasteiger partial charge in [-0.15, -0.1) is 11.3 Å². The lowest BCUT2D eigenvalue weighted by atomic mass is 9.86. The van der Waals surface area contributed by atoms with Gasteiger partial charge >= 0.3 is 0 Å². The van der Waals surface area contributed by atoms with E-state index in [4.69, 9.17) is 19.4 Å². The Labute approximate surface area is 189 Å². The van der Waals surface area contributed by atoms with Crippen LogP contribution in [0.5, 0.6) is 5.88 Å². The van der Waals surface area contributed by atoms with E-state index in [1.165, 1.54) is 10.4 Å². The van der Waals surface area contributed by atoms with Crippen molar-refractivity contribution in [2.24, 2.45) is 5.92 Å². The molecule has 1 saturated carbocycles. The Bertz CT molecular complexity index is 942. The number of methoxy groups -OCH3 is 1. The topological polar surface area (TPSA) is 64.5 Å². The first-order valence-electron chi connectivity index (χ1n) is 11.6. The summed E-state index contributed by atoms with van der Waals surface area (Å²) in [5.41, 5.74) is 1.20. The molecule has 0 unspecified atom stereocenters. The van der Waals surface area contributed by atoms with Crippen LogP contribution in [0.4, 0.5) is 0 Å². The zero-order chi connectivity index (χ0) is 22.1. The number of ether oxygens (including phenoxy) is 2. The van der Waals surface area contributed by atoms with Crippen LogP contribution >= 0.6 is 11.3 Å². The first-order chi connectivity index (χ1) is 14.9. The summed E-state index contributed by atoms with van der Waals surface area (Å²) >= 11 is 1.71. The second kappa shape index (κ2) is 9.41. The summed E-state index contributed by atoms with van der Waals surface area (Å²) in [6.07, 6.45) is 6.03. The van der Waals surface area contributed by atoms with Crippen molar-refractivity contribution in [1.82, 2.24) is 14.9 Å². The van der Waals surface area contributed by atoms with Gasteiger partial charge in [0, 0.05) is 30.4 Å². The number of rotatable bonds is 5. The monoisotopic (exact) mass is 445 g/mol. The average Bonchev–Trinajstić information content (AvgIpc) is 3.07. The molecule has 6 nitrogen and oxygen atoms in total. The Hall–Kier alpha value is -1.73. The molecule has 1 aliphatic carbocycles. The van der Waals surface area contributed by atoms with E-state index >= 15 is 0 Å². The van der Waals surface area contributed by atoms with Crippen LogP contribution in [-0.2, 0) is 9.53 Å². The van der Waals surface area contributed by atoms with Crippen molar-refractivity contribution in [3.8, 4) is 5.88 Å². The Morgan fingerprint density at radius 3 is 2.65 bits per heavy atom. The number of amides is 1. The number of carbonyl (C=O) groups is 1. The number of piperidine rings is 1. The summed E-state index contributed by atoms with van der Waals surface area (Å²) in [4.78, 5) is 27.1. The van der Waals surface area contributed by atoms with E-state index in [-0.39, 0.29) is 30.0 Å². The molecule has 170 valence electrons. The maximum Gasteiger partial charge on any atom is 0.226 e.